The lowest BCUT2D eigenvalue weighted by atomic mass is 10.2. The van der Waals surface area contributed by atoms with Gasteiger partial charge in [-0.25, -0.2) is 9.97 Å². The van der Waals surface area contributed by atoms with Crippen molar-refractivity contribution in [2.75, 3.05) is 31.6 Å². The zero-order valence-corrected chi connectivity index (χ0v) is 9.81. The van der Waals surface area contributed by atoms with Crippen molar-refractivity contribution in [1.82, 2.24) is 15.3 Å². The maximum atomic E-state index is 5.12. The van der Waals surface area contributed by atoms with Gasteiger partial charge in [-0.05, 0) is 19.9 Å². The van der Waals surface area contributed by atoms with Crippen LogP contribution in [0.1, 0.15) is 13.3 Å². The Morgan fingerprint density at radius 3 is 3.06 bits per heavy atom. The second kappa shape index (κ2) is 5.12. The molecule has 5 heteroatoms. The van der Waals surface area contributed by atoms with E-state index in [1.165, 1.54) is 6.42 Å². The van der Waals surface area contributed by atoms with Crippen molar-refractivity contribution in [2.45, 2.75) is 19.4 Å². The molecule has 1 unspecified atom stereocenters. The van der Waals surface area contributed by atoms with Crippen LogP contribution < -0.4 is 15.0 Å². The molecule has 1 aliphatic heterocycles. The molecular formula is C11H18N4O. The Bertz CT molecular complexity index is 339. The predicted molar refractivity (Wildman–Crippen MR) is 62.9 cm³/mol. The molecule has 0 bridgehead atoms. The fraction of sp³-hybridized carbons (Fsp3) is 0.636. The summed E-state index contributed by atoms with van der Waals surface area (Å²) in [5.41, 5.74) is 0. The molecule has 0 aromatic carbocycles. The van der Waals surface area contributed by atoms with Crippen molar-refractivity contribution in [1.29, 1.82) is 0 Å². The second-order valence-electron chi connectivity index (χ2n) is 3.85. The van der Waals surface area contributed by atoms with Gasteiger partial charge in [0.1, 0.15) is 12.1 Å². The summed E-state index contributed by atoms with van der Waals surface area (Å²) in [7, 11) is 1.62. The average molecular weight is 222 g/mol. The molecule has 0 radical (unpaired) electrons. The van der Waals surface area contributed by atoms with E-state index in [1.807, 2.05) is 6.07 Å². The van der Waals surface area contributed by atoms with Gasteiger partial charge in [0.15, 0.2) is 0 Å². The number of aromatic nitrogens is 2. The van der Waals surface area contributed by atoms with E-state index >= 15 is 0 Å². The molecule has 0 spiro atoms. The highest BCUT2D eigenvalue weighted by atomic mass is 16.5. The Kier molecular flexibility index (Phi) is 3.56. The molecule has 0 aliphatic carbocycles. The molecule has 1 aliphatic rings. The minimum absolute atomic E-state index is 0.532. The molecule has 2 heterocycles. The lowest BCUT2D eigenvalue weighted by molar-refractivity contribution is 0.396. The zero-order valence-electron chi connectivity index (χ0n) is 9.81. The highest BCUT2D eigenvalue weighted by molar-refractivity contribution is 5.42. The largest absolute Gasteiger partial charge is 0.481 e. The number of rotatable bonds is 4. The summed E-state index contributed by atoms with van der Waals surface area (Å²) in [5.74, 6) is 1.57. The van der Waals surface area contributed by atoms with Gasteiger partial charge in [0.25, 0.3) is 0 Å². The first-order chi connectivity index (χ1) is 7.85. The number of hydrogen-bond acceptors (Lipinski definition) is 5. The first kappa shape index (κ1) is 11.1. The number of ether oxygens (including phenoxy) is 1. The molecule has 5 nitrogen and oxygen atoms in total. The molecule has 2 rings (SSSR count). The number of nitrogens with one attached hydrogen (secondary N) is 1. The number of hydrogen-bond donors (Lipinski definition) is 1. The Balaban J connectivity index is 2.18. The van der Waals surface area contributed by atoms with E-state index in [9.17, 15) is 0 Å². The predicted octanol–water partition coefficient (Wildman–Crippen LogP) is 0.673. The van der Waals surface area contributed by atoms with Crippen molar-refractivity contribution in [3.63, 3.8) is 0 Å². The summed E-state index contributed by atoms with van der Waals surface area (Å²) in [5, 5.41) is 3.37. The van der Waals surface area contributed by atoms with E-state index in [-0.39, 0.29) is 0 Å². The smallest absolute Gasteiger partial charge is 0.218 e. The van der Waals surface area contributed by atoms with Crippen LogP contribution in [0.2, 0.25) is 0 Å². The molecule has 16 heavy (non-hydrogen) atoms. The van der Waals surface area contributed by atoms with Crippen LogP contribution in [0.15, 0.2) is 12.4 Å². The minimum Gasteiger partial charge on any atom is -0.481 e. The van der Waals surface area contributed by atoms with Gasteiger partial charge in [-0.1, -0.05) is 0 Å². The molecule has 88 valence electrons. The van der Waals surface area contributed by atoms with E-state index in [0.29, 0.717) is 11.9 Å². The van der Waals surface area contributed by atoms with Crippen LogP contribution in [0.25, 0.3) is 0 Å². The summed E-state index contributed by atoms with van der Waals surface area (Å²) in [6.45, 7) is 5.21. The molecule has 1 atom stereocenters. The van der Waals surface area contributed by atoms with Gasteiger partial charge in [0, 0.05) is 25.2 Å². The molecule has 0 amide bonds. The molecule has 1 aromatic heterocycles. The first-order valence-electron chi connectivity index (χ1n) is 5.68. The van der Waals surface area contributed by atoms with Crippen LogP contribution in [0.3, 0.4) is 0 Å². The van der Waals surface area contributed by atoms with Crippen LogP contribution >= 0.6 is 0 Å². The van der Waals surface area contributed by atoms with Crippen molar-refractivity contribution in [3.8, 4) is 5.88 Å². The zero-order chi connectivity index (χ0) is 11.4. The fourth-order valence-electron chi connectivity index (χ4n) is 2.11. The standard InChI is InChI=1S/C11H18N4O/c1-3-15(9-4-5-12-7-9)10-6-11(16-2)14-8-13-10/h6,8-9,12H,3-5,7H2,1-2H3. The van der Waals surface area contributed by atoms with Crippen LogP contribution in [0, 0.1) is 0 Å². The number of nitrogens with zero attached hydrogens (tertiary/aromatic N) is 3. The Labute approximate surface area is 95.8 Å². The Hall–Kier alpha value is -1.36. The molecule has 1 saturated heterocycles. The molecule has 1 N–H and O–H groups in total. The van der Waals surface area contributed by atoms with Crippen molar-refractivity contribution >= 4 is 5.82 Å². The molecular weight excluding hydrogens is 204 g/mol. The lowest BCUT2D eigenvalue weighted by Crippen LogP contribution is -2.37. The normalized spacial score (nSPS) is 19.8. The fourth-order valence-corrected chi connectivity index (χ4v) is 2.11. The maximum absolute atomic E-state index is 5.12. The summed E-state index contributed by atoms with van der Waals surface area (Å²) in [4.78, 5) is 10.6. The van der Waals surface area contributed by atoms with Crippen molar-refractivity contribution in [3.05, 3.63) is 12.4 Å². The van der Waals surface area contributed by atoms with Crippen LogP contribution in [0.4, 0.5) is 5.82 Å². The number of anilines is 1. The first-order valence-corrected chi connectivity index (χ1v) is 5.68. The maximum Gasteiger partial charge on any atom is 0.218 e. The third-order valence-electron chi connectivity index (χ3n) is 2.95. The topological polar surface area (TPSA) is 50.3 Å². The average Bonchev–Trinajstić information content (AvgIpc) is 2.84. The SMILES string of the molecule is CCN(c1cc(OC)ncn1)C1CCNC1. The van der Waals surface area contributed by atoms with E-state index < -0.39 is 0 Å². The van der Waals surface area contributed by atoms with E-state index in [1.54, 1.807) is 13.4 Å². The molecule has 1 aromatic rings. The van der Waals surface area contributed by atoms with Gasteiger partial charge in [-0.3, -0.25) is 0 Å². The third-order valence-corrected chi connectivity index (χ3v) is 2.95. The second-order valence-corrected chi connectivity index (χ2v) is 3.85. The number of likely N-dealkylation sites (N-methyl/N-ethyl adjacent to an activating group) is 1. The lowest BCUT2D eigenvalue weighted by Gasteiger charge is -2.28. The summed E-state index contributed by atoms with van der Waals surface area (Å²) in [6, 6.07) is 2.42. The number of methoxy groups -OCH3 is 1. The highest BCUT2D eigenvalue weighted by Gasteiger charge is 2.22. The summed E-state index contributed by atoms with van der Waals surface area (Å²) >= 11 is 0. The van der Waals surface area contributed by atoms with Gasteiger partial charge in [-0.15, -0.1) is 0 Å². The van der Waals surface area contributed by atoms with Crippen molar-refractivity contribution < 1.29 is 4.74 Å². The summed E-state index contributed by atoms with van der Waals surface area (Å²) < 4.78 is 5.12. The van der Waals surface area contributed by atoms with E-state index in [4.69, 9.17) is 4.74 Å². The summed E-state index contributed by atoms with van der Waals surface area (Å²) in [6.07, 6.45) is 2.72. The minimum atomic E-state index is 0.532. The van der Waals surface area contributed by atoms with Gasteiger partial charge in [0.2, 0.25) is 5.88 Å². The van der Waals surface area contributed by atoms with E-state index in [0.717, 1.165) is 25.5 Å². The van der Waals surface area contributed by atoms with Crippen LogP contribution in [0.5, 0.6) is 5.88 Å². The van der Waals surface area contributed by atoms with Crippen LogP contribution in [-0.4, -0.2) is 42.8 Å². The van der Waals surface area contributed by atoms with Gasteiger partial charge in [-0.2, -0.15) is 0 Å². The molecule has 0 saturated carbocycles. The van der Waals surface area contributed by atoms with Gasteiger partial charge >= 0.3 is 0 Å². The van der Waals surface area contributed by atoms with Crippen LogP contribution in [-0.2, 0) is 0 Å². The van der Waals surface area contributed by atoms with Crippen molar-refractivity contribution in [2.24, 2.45) is 0 Å². The Morgan fingerprint density at radius 1 is 1.56 bits per heavy atom. The van der Waals surface area contributed by atoms with Gasteiger partial charge < -0.3 is 15.0 Å². The Morgan fingerprint density at radius 2 is 2.44 bits per heavy atom. The van der Waals surface area contributed by atoms with E-state index in [2.05, 4.69) is 27.1 Å². The highest BCUT2D eigenvalue weighted by Crippen LogP contribution is 2.20. The quantitative estimate of drug-likeness (QED) is 0.811. The monoisotopic (exact) mass is 222 g/mol. The van der Waals surface area contributed by atoms with Gasteiger partial charge in [0.05, 0.1) is 7.11 Å². The molecule has 1 fully saturated rings. The third kappa shape index (κ3) is 2.24.